The summed E-state index contributed by atoms with van der Waals surface area (Å²) in [5.41, 5.74) is 0.439. The van der Waals surface area contributed by atoms with Crippen molar-refractivity contribution in [2.24, 2.45) is 5.92 Å². The number of nitrogens with zero attached hydrogens (tertiary/aromatic N) is 1. The molecule has 0 spiro atoms. The van der Waals surface area contributed by atoms with Gasteiger partial charge < -0.3 is 10.6 Å². The molecular formula is C21H14BrCl4N3O2. The van der Waals surface area contributed by atoms with Gasteiger partial charge in [0, 0.05) is 21.1 Å². The Kier molecular flexibility index (Phi) is 5.95. The number of carbonyl (C=O) groups excluding carboxylic acids is 2. The van der Waals surface area contributed by atoms with Crippen LogP contribution in [-0.2, 0) is 4.79 Å². The van der Waals surface area contributed by atoms with Crippen molar-refractivity contribution in [2.45, 2.75) is 28.6 Å². The standard InChI is InChI=1S/C21H14BrCl4N3O2/c22-11-5-10(6-12(23)7-11)16-17(21(16,25)26)19(31)28-13-1-2-15(24)14(8-13)18(30)29-20(9-27)3-4-20/h1-2,5-8,16-17H,3-4H2,(H,28,31)(H,29,30)/t16-,17+/m1/s1. The van der Waals surface area contributed by atoms with Crippen molar-refractivity contribution in [3.05, 3.63) is 62.0 Å². The molecule has 2 aromatic carbocycles. The second kappa shape index (κ2) is 8.13. The Morgan fingerprint density at radius 2 is 1.84 bits per heavy atom. The highest BCUT2D eigenvalue weighted by atomic mass is 79.9. The van der Waals surface area contributed by atoms with Crippen molar-refractivity contribution >= 4 is 79.8 Å². The van der Waals surface area contributed by atoms with Crippen molar-refractivity contribution in [3.8, 4) is 6.07 Å². The van der Waals surface area contributed by atoms with Crippen LogP contribution in [0.1, 0.15) is 34.7 Å². The van der Waals surface area contributed by atoms with Gasteiger partial charge in [-0.15, -0.1) is 23.2 Å². The smallest absolute Gasteiger partial charge is 0.254 e. The van der Waals surface area contributed by atoms with Crippen LogP contribution < -0.4 is 10.6 Å². The summed E-state index contributed by atoms with van der Waals surface area (Å²) in [5.74, 6) is -2.01. The van der Waals surface area contributed by atoms with Gasteiger partial charge in [0.2, 0.25) is 5.91 Å². The molecule has 2 atom stereocenters. The van der Waals surface area contributed by atoms with Gasteiger partial charge in [-0.2, -0.15) is 5.26 Å². The number of hydrogen-bond donors (Lipinski definition) is 2. The molecule has 0 heterocycles. The molecule has 2 amide bonds. The first-order valence-corrected chi connectivity index (χ1v) is 11.5. The first kappa shape index (κ1) is 22.7. The zero-order chi connectivity index (χ0) is 22.6. The third-order valence-corrected chi connectivity index (χ3v) is 7.32. The Morgan fingerprint density at radius 3 is 2.45 bits per heavy atom. The van der Waals surface area contributed by atoms with Crippen LogP contribution >= 0.6 is 62.3 Å². The summed E-state index contributed by atoms with van der Waals surface area (Å²) in [6.45, 7) is 0. The van der Waals surface area contributed by atoms with Gasteiger partial charge in [0.15, 0.2) is 0 Å². The van der Waals surface area contributed by atoms with E-state index in [9.17, 15) is 14.9 Å². The third-order valence-electron chi connectivity index (χ3n) is 5.38. The fourth-order valence-electron chi connectivity index (χ4n) is 3.49. The molecule has 0 unspecified atom stereocenters. The van der Waals surface area contributed by atoms with Crippen molar-refractivity contribution in [3.63, 3.8) is 0 Å². The Morgan fingerprint density at radius 1 is 1.13 bits per heavy atom. The van der Waals surface area contributed by atoms with E-state index in [1.807, 2.05) is 6.07 Å². The second-order valence-electron chi connectivity index (χ2n) is 7.66. The molecule has 160 valence electrons. The van der Waals surface area contributed by atoms with E-state index < -0.39 is 33.5 Å². The number of nitrogens with one attached hydrogen (secondary N) is 2. The minimum atomic E-state index is -1.29. The van der Waals surface area contributed by atoms with Crippen LogP contribution in [-0.4, -0.2) is 21.7 Å². The summed E-state index contributed by atoms with van der Waals surface area (Å²) >= 11 is 28.5. The topological polar surface area (TPSA) is 82.0 Å². The summed E-state index contributed by atoms with van der Waals surface area (Å²) in [7, 11) is 0. The molecule has 2 N–H and O–H groups in total. The molecule has 2 aromatic rings. The predicted octanol–water partition coefficient (Wildman–Crippen LogP) is 6.07. The molecule has 2 aliphatic rings. The lowest BCUT2D eigenvalue weighted by Crippen LogP contribution is -2.35. The number of anilines is 1. The first-order chi connectivity index (χ1) is 14.6. The van der Waals surface area contributed by atoms with E-state index in [0.29, 0.717) is 23.6 Å². The predicted molar refractivity (Wildman–Crippen MR) is 125 cm³/mol. The Hall–Kier alpha value is -1.49. The Bertz CT molecular complexity index is 1120. The van der Waals surface area contributed by atoms with Crippen LogP contribution in [0.3, 0.4) is 0 Å². The third kappa shape index (κ3) is 4.53. The van der Waals surface area contributed by atoms with E-state index in [1.165, 1.54) is 12.1 Å². The summed E-state index contributed by atoms with van der Waals surface area (Å²) in [4.78, 5) is 25.4. The van der Waals surface area contributed by atoms with Crippen LogP contribution in [0.5, 0.6) is 0 Å². The van der Waals surface area contributed by atoms with Gasteiger partial charge in [0.25, 0.3) is 5.91 Å². The first-order valence-electron chi connectivity index (χ1n) is 9.24. The number of hydrogen-bond acceptors (Lipinski definition) is 3. The lowest BCUT2D eigenvalue weighted by Gasteiger charge is -2.12. The number of rotatable bonds is 5. The van der Waals surface area contributed by atoms with Crippen LogP contribution in [0.25, 0.3) is 0 Å². The van der Waals surface area contributed by atoms with Gasteiger partial charge in [-0.25, -0.2) is 0 Å². The molecule has 0 aliphatic heterocycles. The average molecular weight is 562 g/mol. The van der Waals surface area contributed by atoms with Gasteiger partial charge in [-0.1, -0.05) is 39.1 Å². The Labute approximate surface area is 207 Å². The number of nitriles is 1. The van der Waals surface area contributed by atoms with E-state index in [1.54, 1.807) is 18.2 Å². The molecule has 5 nitrogen and oxygen atoms in total. The second-order valence-corrected chi connectivity index (χ2v) is 10.9. The van der Waals surface area contributed by atoms with Crippen LogP contribution in [0, 0.1) is 17.2 Å². The fraction of sp³-hybridized carbons (Fsp3) is 0.286. The molecule has 0 radical (unpaired) electrons. The van der Waals surface area contributed by atoms with Crippen molar-refractivity contribution in [2.75, 3.05) is 5.32 Å². The number of halogens is 5. The molecule has 0 bridgehead atoms. The van der Waals surface area contributed by atoms with E-state index in [-0.39, 0.29) is 10.6 Å². The van der Waals surface area contributed by atoms with E-state index in [0.717, 1.165) is 10.0 Å². The number of amides is 2. The van der Waals surface area contributed by atoms with Crippen molar-refractivity contribution in [1.82, 2.24) is 5.32 Å². The maximum Gasteiger partial charge on any atom is 0.254 e. The highest BCUT2D eigenvalue weighted by molar-refractivity contribution is 9.10. The van der Waals surface area contributed by atoms with Crippen molar-refractivity contribution < 1.29 is 9.59 Å². The average Bonchev–Trinajstić information content (AvgIpc) is 3.57. The summed E-state index contributed by atoms with van der Waals surface area (Å²) in [6.07, 6.45) is 1.19. The minimum absolute atomic E-state index is 0.162. The van der Waals surface area contributed by atoms with E-state index >= 15 is 0 Å². The number of benzene rings is 2. The SMILES string of the molecule is N#CC1(NC(=O)c2cc(NC(=O)[C@@H]3[C@@H](c4cc(Cl)cc(Br)c4)C3(Cl)Cl)ccc2Cl)CC1. The molecule has 2 aliphatic carbocycles. The van der Waals surface area contributed by atoms with Gasteiger partial charge in [0.1, 0.15) is 9.87 Å². The summed E-state index contributed by atoms with van der Waals surface area (Å²) < 4.78 is -0.532. The minimum Gasteiger partial charge on any atom is -0.334 e. The van der Waals surface area contributed by atoms with Crippen LogP contribution in [0.2, 0.25) is 10.0 Å². The zero-order valence-corrected chi connectivity index (χ0v) is 20.3. The quantitative estimate of drug-likeness (QED) is 0.435. The maximum absolute atomic E-state index is 12.9. The lowest BCUT2D eigenvalue weighted by molar-refractivity contribution is -0.117. The normalized spacial score (nSPS) is 22.2. The molecule has 2 saturated carbocycles. The molecule has 0 aromatic heterocycles. The van der Waals surface area contributed by atoms with Crippen LogP contribution in [0.4, 0.5) is 5.69 Å². The lowest BCUT2D eigenvalue weighted by atomic mass is 10.1. The molecule has 4 rings (SSSR count). The molecule has 0 saturated heterocycles. The molecule has 10 heteroatoms. The molecule has 2 fully saturated rings. The van der Waals surface area contributed by atoms with Gasteiger partial charge >= 0.3 is 0 Å². The van der Waals surface area contributed by atoms with Crippen LogP contribution in [0.15, 0.2) is 40.9 Å². The Balaban J connectivity index is 1.51. The summed E-state index contributed by atoms with van der Waals surface area (Å²) in [6, 6.07) is 11.9. The number of carbonyl (C=O) groups is 2. The molecular weight excluding hydrogens is 548 g/mol. The molecule has 31 heavy (non-hydrogen) atoms. The van der Waals surface area contributed by atoms with Gasteiger partial charge in [-0.3, -0.25) is 9.59 Å². The van der Waals surface area contributed by atoms with Crippen molar-refractivity contribution in [1.29, 1.82) is 5.26 Å². The van der Waals surface area contributed by atoms with E-state index in [4.69, 9.17) is 46.4 Å². The zero-order valence-electron chi connectivity index (χ0n) is 15.7. The number of alkyl halides is 2. The fourth-order valence-corrected chi connectivity index (χ4v) is 5.41. The highest BCUT2D eigenvalue weighted by Crippen LogP contribution is 2.65. The van der Waals surface area contributed by atoms with E-state index in [2.05, 4.69) is 32.6 Å². The van der Waals surface area contributed by atoms with Gasteiger partial charge in [-0.05, 0) is 54.8 Å². The maximum atomic E-state index is 12.9. The monoisotopic (exact) mass is 559 g/mol. The largest absolute Gasteiger partial charge is 0.334 e. The highest BCUT2D eigenvalue weighted by Gasteiger charge is 2.67. The van der Waals surface area contributed by atoms with Gasteiger partial charge in [0.05, 0.1) is 22.6 Å². The summed E-state index contributed by atoms with van der Waals surface area (Å²) in [5, 5.41) is 15.3.